The molecule has 1 aliphatic rings. The van der Waals surface area contributed by atoms with Crippen LogP contribution in [0.25, 0.3) is 0 Å². The number of benzene rings is 1. The Morgan fingerprint density at radius 2 is 2.22 bits per heavy atom. The van der Waals surface area contributed by atoms with Crippen molar-refractivity contribution in [3.8, 4) is 0 Å². The molecule has 3 N–H and O–H groups in total. The molecule has 0 spiro atoms. The Labute approximate surface area is 149 Å². The Kier molecular flexibility index (Phi) is 7.02. The van der Waals surface area contributed by atoms with Crippen molar-refractivity contribution in [1.29, 1.82) is 0 Å². The quantitative estimate of drug-likeness (QED) is 0.713. The highest BCUT2D eigenvalue weighted by atomic mass is 35.5. The highest BCUT2D eigenvalue weighted by molar-refractivity contribution is 8.00. The summed E-state index contributed by atoms with van der Waals surface area (Å²) >= 11 is 13.2. The van der Waals surface area contributed by atoms with E-state index in [1.165, 1.54) is 11.8 Å². The molecule has 1 heterocycles. The predicted octanol–water partition coefficient (Wildman–Crippen LogP) is 3.23. The number of nitrogens with one attached hydrogen (secondary N) is 3. The van der Waals surface area contributed by atoms with Crippen LogP contribution in [0.4, 0.5) is 5.69 Å². The molecule has 0 saturated carbocycles. The summed E-state index contributed by atoms with van der Waals surface area (Å²) in [4.78, 5) is 23.7. The highest BCUT2D eigenvalue weighted by Crippen LogP contribution is 2.25. The standard InChI is InChI=1S/C15H19Cl2N3O2S/c1-2-3-10-7-13(21)20-15(18-10)23-8-14(22)19-12-6-9(16)4-5-11(12)17/h4-6,10,15,18H,2-3,7-8H2,1H3,(H,19,22)(H,20,21). The van der Waals surface area contributed by atoms with E-state index in [4.69, 9.17) is 23.2 Å². The SMILES string of the molecule is CCCC1CC(=O)NC(SCC(=O)Nc2cc(Cl)ccc2Cl)N1. The number of amides is 2. The molecule has 126 valence electrons. The lowest BCUT2D eigenvalue weighted by Gasteiger charge is -2.30. The number of thioether (sulfide) groups is 1. The van der Waals surface area contributed by atoms with E-state index < -0.39 is 0 Å². The summed E-state index contributed by atoms with van der Waals surface area (Å²) in [5.74, 6) is 0.00503. The van der Waals surface area contributed by atoms with Crippen molar-refractivity contribution in [3.63, 3.8) is 0 Å². The maximum Gasteiger partial charge on any atom is 0.234 e. The molecule has 23 heavy (non-hydrogen) atoms. The second-order valence-electron chi connectivity index (χ2n) is 5.29. The molecule has 8 heteroatoms. The van der Waals surface area contributed by atoms with Gasteiger partial charge in [-0.2, -0.15) is 0 Å². The monoisotopic (exact) mass is 375 g/mol. The summed E-state index contributed by atoms with van der Waals surface area (Å²) in [7, 11) is 0. The van der Waals surface area contributed by atoms with Gasteiger partial charge >= 0.3 is 0 Å². The molecule has 0 bridgehead atoms. The Hall–Kier alpha value is -0.950. The van der Waals surface area contributed by atoms with Gasteiger partial charge in [-0.15, -0.1) is 11.8 Å². The molecular weight excluding hydrogens is 357 g/mol. The molecule has 2 rings (SSSR count). The lowest BCUT2D eigenvalue weighted by atomic mass is 10.1. The minimum absolute atomic E-state index is 0.0120. The Bertz CT molecular complexity index is 586. The third kappa shape index (κ3) is 5.88. The molecule has 1 aromatic rings. The van der Waals surface area contributed by atoms with Crippen molar-refractivity contribution < 1.29 is 9.59 Å². The summed E-state index contributed by atoms with van der Waals surface area (Å²) in [6.45, 7) is 2.08. The molecular formula is C15H19Cl2N3O2S. The molecule has 0 aromatic heterocycles. The van der Waals surface area contributed by atoms with Crippen LogP contribution >= 0.6 is 35.0 Å². The molecule has 2 unspecified atom stereocenters. The van der Waals surface area contributed by atoms with E-state index in [0.29, 0.717) is 22.2 Å². The van der Waals surface area contributed by atoms with E-state index in [-0.39, 0.29) is 29.1 Å². The first-order valence-corrected chi connectivity index (χ1v) is 9.20. The number of halogens is 2. The lowest BCUT2D eigenvalue weighted by molar-refractivity contribution is -0.123. The van der Waals surface area contributed by atoms with Gasteiger partial charge in [-0.1, -0.05) is 36.5 Å². The van der Waals surface area contributed by atoms with E-state index in [1.54, 1.807) is 18.2 Å². The summed E-state index contributed by atoms with van der Waals surface area (Å²) < 4.78 is 0. The smallest absolute Gasteiger partial charge is 0.234 e. The fourth-order valence-corrected chi connectivity index (χ4v) is 3.54. The van der Waals surface area contributed by atoms with Crippen LogP contribution in [-0.4, -0.2) is 29.1 Å². The van der Waals surface area contributed by atoms with Crippen molar-refractivity contribution in [3.05, 3.63) is 28.2 Å². The van der Waals surface area contributed by atoms with Gasteiger partial charge in [-0.3, -0.25) is 14.9 Å². The third-order valence-corrected chi connectivity index (χ3v) is 4.91. The fraction of sp³-hybridized carbons (Fsp3) is 0.467. The van der Waals surface area contributed by atoms with Crippen LogP contribution in [0.15, 0.2) is 18.2 Å². The first-order valence-electron chi connectivity index (χ1n) is 7.40. The van der Waals surface area contributed by atoms with Crippen molar-refractivity contribution >= 4 is 52.5 Å². The molecule has 0 radical (unpaired) electrons. The van der Waals surface area contributed by atoms with E-state index in [1.807, 2.05) is 0 Å². The molecule has 0 aliphatic carbocycles. The summed E-state index contributed by atoms with van der Waals surface area (Å²) in [6, 6.07) is 5.05. The van der Waals surface area contributed by atoms with Crippen LogP contribution in [-0.2, 0) is 9.59 Å². The van der Waals surface area contributed by atoms with E-state index in [2.05, 4.69) is 22.9 Å². The largest absolute Gasteiger partial charge is 0.332 e. The zero-order valence-corrected chi connectivity index (χ0v) is 15.0. The number of hydrogen-bond donors (Lipinski definition) is 3. The number of carbonyl (C=O) groups is 2. The topological polar surface area (TPSA) is 70.2 Å². The van der Waals surface area contributed by atoms with E-state index >= 15 is 0 Å². The Morgan fingerprint density at radius 1 is 1.43 bits per heavy atom. The van der Waals surface area contributed by atoms with Crippen molar-refractivity contribution in [2.45, 2.75) is 37.7 Å². The average molecular weight is 376 g/mol. The maximum absolute atomic E-state index is 12.0. The van der Waals surface area contributed by atoms with Gasteiger partial charge in [-0.05, 0) is 24.6 Å². The molecule has 1 aliphatic heterocycles. The van der Waals surface area contributed by atoms with Crippen molar-refractivity contribution in [2.75, 3.05) is 11.1 Å². The van der Waals surface area contributed by atoms with Gasteiger partial charge in [0.2, 0.25) is 11.8 Å². The van der Waals surface area contributed by atoms with E-state index in [9.17, 15) is 9.59 Å². The van der Waals surface area contributed by atoms with Crippen molar-refractivity contribution in [2.24, 2.45) is 0 Å². The minimum Gasteiger partial charge on any atom is -0.332 e. The summed E-state index contributed by atoms with van der Waals surface area (Å²) in [5, 5.41) is 9.81. The Morgan fingerprint density at radius 3 is 2.96 bits per heavy atom. The predicted molar refractivity (Wildman–Crippen MR) is 95.9 cm³/mol. The Balaban J connectivity index is 1.84. The van der Waals surface area contributed by atoms with Gasteiger partial charge < -0.3 is 10.6 Å². The van der Waals surface area contributed by atoms with Gasteiger partial charge in [0.1, 0.15) is 5.50 Å². The first-order chi connectivity index (χ1) is 11.0. The normalized spacial score (nSPS) is 20.9. The van der Waals surface area contributed by atoms with Crippen LogP contribution < -0.4 is 16.0 Å². The lowest BCUT2D eigenvalue weighted by Crippen LogP contribution is -2.54. The van der Waals surface area contributed by atoms with Gasteiger partial charge in [0.25, 0.3) is 0 Å². The van der Waals surface area contributed by atoms with Crippen LogP contribution in [0, 0.1) is 0 Å². The molecule has 1 fully saturated rings. The third-order valence-electron chi connectivity index (χ3n) is 3.33. The number of rotatable bonds is 6. The first kappa shape index (κ1) is 18.4. The second-order valence-corrected chi connectivity index (χ2v) is 7.22. The molecule has 2 atom stereocenters. The minimum atomic E-state index is -0.256. The number of hydrogen-bond acceptors (Lipinski definition) is 4. The van der Waals surface area contributed by atoms with E-state index in [0.717, 1.165) is 12.8 Å². The van der Waals surface area contributed by atoms with Gasteiger partial charge in [0.05, 0.1) is 16.5 Å². The van der Waals surface area contributed by atoms with Crippen LogP contribution in [0.3, 0.4) is 0 Å². The zero-order valence-electron chi connectivity index (χ0n) is 12.7. The van der Waals surface area contributed by atoms with Crippen molar-refractivity contribution in [1.82, 2.24) is 10.6 Å². The molecule has 5 nitrogen and oxygen atoms in total. The molecule has 1 aromatic carbocycles. The zero-order chi connectivity index (χ0) is 16.8. The maximum atomic E-state index is 12.0. The highest BCUT2D eigenvalue weighted by Gasteiger charge is 2.25. The van der Waals surface area contributed by atoms with Crippen LogP contribution in [0.1, 0.15) is 26.2 Å². The van der Waals surface area contributed by atoms with Gasteiger partial charge in [0.15, 0.2) is 0 Å². The average Bonchev–Trinajstić information content (AvgIpc) is 2.49. The number of carbonyl (C=O) groups excluding carboxylic acids is 2. The van der Waals surface area contributed by atoms with Gasteiger partial charge in [0, 0.05) is 17.5 Å². The number of anilines is 1. The molecule has 1 saturated heterocycles. The van der Waals surface area contributed by atoms with Crippen LogP contribution in [0.2, 0.25) is 10.0 Å². The summed E-state index contributed by atoms with van der Waals surface area (Å²) in [6.07, 6.45) is 2.43. The van der Waals surface area contributed by atoms with Gasteiger partial charge in [-0.25, -0.2) is 0 Å². The summed E-state index contributed by atoms with van der Waals surface area (Å²) in [5.41, 5.74) is 0.225. The molecule has 2 amide bonds. The second kappa shape index (κ2) is 8.78. The van der Waals surface area contributed by atoms with Crippen LogP contribution in [0.5, 0.6) is 0 Å². The fourth-order valence-electron chi connectivity index (χ4n) is 2.31.